The van der Waals surface area contributed by atoms with E-state index >= 15 is 0 Å². The highest BCUT2D eigenvalue weighted by atomic mass is 16.5. The standard InChI is InChI=1S/C8H8N2O/c1-2-8-7(10-3-1)6-9-4-5-11-8/h1-3,6H,4-5H2. The minimum absolute atomic E-state index is 0.648. The normalized spacial score (nSPS) is 14.9. The Balaban J connectivity index is 2.45. The van der Waals surface area contributed by atoms with Crippen molar-refractivity contribution in [3.05, 3.63) is 24.0 Å². The van der Waals surface area contributed by atoms with Gasteiger partial charge in [0.15, 0.2) is 0 Å². The molecule has 2 rings (SSSR count). The van der Waals surface area contributed by atoms with Gasteiger partial charge < -0.3 is 4.74 Å². The van der Waals surface area contributed by atoms with Crippen molar-refractivity contribution in [3.63, 3.8) is 0 Å². The molecule has 0 saturated carbocycles. The maximum atomic E-state index is 5.36. The molecular weight excluding hydrogens is 140 g/mol. The lowest BCUT2D eigenvalue weighted by Crippen LogP contribution is -1.99. The first-order valence-electron chi connectivity index (χ1n) is 3.54. The summed E-state index contributed by atoms with van der Waals surface area (Å²) in [6.45, 7) is 1.37. The van der Waals surface area contributed by atoms with Gasteiger partial charge in [-0.15, -0.1) is 0 Å². The van der Waals surface area contributed by atoms with Crippen LogP contribution in [0, 0.1) is 0 Å². The van der Waals surface area contributed by atoms with Crippen LogP contribution in [0.25, 0.3) is 0 Å². The number of pyridine rings is 1. The lowest BCUT2D eigenvalue weighted by atomic mass is 10.3. The Morgan fingerprint density at radius 1 is 1.45 bits per heavy atom. The molecule has 0 fully saturated rings. The zero-order valence-corrected chi connectivity index (χ0v) is 6.03. The van der Waals surface area contributed by atoms with E-state index in [-0.39, 0.29) is 0 Å². The van der Waals surface area contributed by atoms with Crippen molar-refractivity contribution in [3.8, 4) is 5.75 Å². The number of fused-ring (bicyclic) bond motifs is 1. The summed E-state index contributed by atoms with van der Waals surface area (Å²) in [7, 11) is 0. The lowest BCUT2D eigenvalue weighted by molar-refractivity contribution is 0.330. The van der Waals surface area contributed by atoms with E-state index in [2.05, 4.69) is 9.98 Å². The van der Waals surface area contributed by atoms with Gasteiger partial charge in [-0.25, -0.2) is 0 Å². The third kappa shape index (κ3) is 1.22. The molecule has 2 heterocycles. The predicted molar refractivity (Wildman–Crippen MR) is 42.2 cm³/mol. The third-order valence-corrected chi connectivity index (χ3v) is 1.49. The van der Waals surface area contributed by atoms with Crippen LogP contribution in [0.3, 0.4) is 0 Å². The Bertz CT molecular complexity index is 283. The number of ether oxygens (including phenoxy) is 1. The number of aliphatic imine (C=N–C) groups is 1. The van der Waals surface area contributed by atoms with Crippen LogP contribution in [0.1, 0.15) is 5.69 Å². The van der Waals surface area contributed by atoms with Crippen molar-refractivity contribution >= 4 is 6.21 Å². The van der Waals surface area contributed by atoms with E-state index in [1.165, 1.54) is 0 Å². The predicted octanol–water partition coefficient (Wildman–Crippen LogP) is 0.893. The summed E-state index contributed by atoms with van der Waals surface area (Å²) in [5, 5.41) is 0. The molecule has 0 saturated heterocycles. The van der Waals surface area contributed by atoms with Crippen LogP contribution in [0.4, 0.5) is 0 Å². The van der Waals surface area contributed by atoms with Crippen molar-refractivity contribution in [2.45, 2.75) is 0 Å². The summed E-state index contributed by atoms with van der Waals surface area (Å²) in [6.07, 6.45) is 3.49. The molecule has 56 valence electrons. The zero-order valence-electron chi connectivity index (χ0n) is 6.03. The quantitative estimate of drug-likeness (QED) is 0.547. The number of aromatic nitrogens is 1. The van der Waals surface area contributed by atoms with Crippen molar-refractivity contribution in [1.29, 1.82) is 0 Å². The first-order chi connectivity index (χ1) is 5.47. The molecule has 0 radical (unpaired) electrons. The Kier molecular flexibility index (Phi) is 1.55. The Morgan fingerprint density at radius 3 is 3.45 bits per heavy atom. The molecule has 1 aliphatic heterocycles. The smallest absolute Gasteiger partial charge is 0.146 e. The van der Waals surface area contributed by atoms with E-state index in [4.69, 9.17) is 4.74 Å². The van der Waals surface area contributed by atoms with E-state index < -0.39 is 0 Å². The Labute approximate surface area is 64.7 Å². The number of hydrogen-bond acceptors (Lipinski definition) is 3. The number of rotatable bonds is 0. The summed E-state index contributed by atoms with van der Waals surface area (Å²) >= 11 is 0. The molecule has 0 spiro atoms. The van der Waals surface area contributed by atoms with Gasteiger partial charge in [-0.3, -0.25) is 9.98 Å². The highest BCUT2D eigenvalue weighted by molar-refractivity contribution is 5.80. The molecule has 1 aromatic heterocycles. The van der Waals surface area contributed by atoms with Gasteiger partial charge in [0.05, 0.1) is 12.8 Å². The third-order valence-electron chi connectivity index (χ3n) is 1.49. The molecular formula is C8H8N2O. The molecule has 0 N–H and O–H groups in total. The van der Waals surface area contributed by atoms with Crippen LogP contribution in [0.15, 0.2) is 23.3 Å². The molecule has 0 atom stereocenters. The van der Waals surface area contributed by atoms with Gasteiger partial charge in [0.25, 0.3) is 0 Å². The highest BCUT2D eigenvalue weighted by Crippen LogP contribution is 2.14. The Hall–Kier alpha value is -1.38. The topological polar surface area (TPSA) is 34.5 Å². The summed E-state index contributed by atoms with van der Waals surface area (Å²) in [6, 6.07) is 3.76. The fourth-order valence-corrected chi connectivity index (χ4v) is 0.981. The first-order valence-corrected chi connectivity index (χ1v) is 3.54. The molecule has 0 amide bonds. The lowest BCUT2D eigenvalue weighted by Gasteiger charge is -2.01. The summed E-state index contributed by atoms with van der Waals surface area (Å²) in [5.74, 6) is 0.828. The monoisotopic (exact) mass is 148 g/mol. The van der Waals surface area contributed by atoms with E-state index in [1.54, 1.807) is 12.4 Å². The van der Waals surface area contributed by atoms with E-state index in [0.717, 1.165) is 18.0 Å². The number of nitrogens with zero attached hydrogens (tertiary/aromatic N) is 2. The number of hydrogen-bond donors (Lipinski definition) is 0. The molecule has 11 heavy (non-hydrogen) atoms. The zero-order chi connectivity index (χ0) is 7.52. The Morgan fingerprint density at radius 2 is 2.45 bits per heavy atom. The average Bonchev–Trinajstić information content (AvgIpc) is 2.28. The maximum absolute atomic E-state index is 5.36. The van der Waals surface area contributed by atoms with E-state index in [1.807, 2.05) is 12.1 Å². The van der Waals surface area contributed by atoms with Crippen LogP contribution in [0.5, 0.6) is 5.75 Å². The average molecular weight is 148 g/mol. The molecule has 0 bridgehead atoms. The van der Waals surface area contributed by atoms with Crippen LogP contribution in [-0.4, -0.2) is 24.4 Å². The van der Waals surface area contributed by atoms with Crippen LogP contribution < -0.4 is 4.74 Å². The van der Waals surface area contributed by atoms with Gasteiger partial charge in [0, 0.05) is 6.20 Å². The van der Waals surface area contributed by atoms with Gasteiger partial charge in [-0.05, 0) is 12.1 Å². The second-order valence-electron chi connectivity index (χ2n) is 2.27. The fourth-order valence-electron chi connectivity index (χ4n) is 0.981. The molecule has 0 aromatic carbocycles. The molecule has 1 aliphatic rings. The maximum Gasteiger partial charge on any atom is 0.146 e. The van der Waals surface area contributed by atoms with Crippen molar-refractivity contribution in [2.24, 2.45) is 4.99 Å². The molecule has 1 aromatic rings. The molecule has 0 aliphatic carbocycles. The SMILES string of the molecule is C1=NCCOc2cccnc21. The molecule has 0 unspecified atom stereocenters. The second kappa shape index (κ2) is 2.70. The first kappa shape index (κ1) is 6.34. The largest absolute Gasteiger partial charge is 0.489 e. The molecule has 3 heteroatoms. The minimum atomic E-state index is 0.648. The van der Waals surface area contributed by atoms with E-state index in [0.29, 0.717) is 6.61 Å². The second-order valence-corrected chi connectivity index (χ2v) is 2.27. The molecule has 3 nitrogen and oxygen atoms in total. The van der Waals surface area contributed by atoms with Crippen molar-refractivity contribution < 1.29 is 4.74 Å². The summed E-state index contributed by atoms with van der Waals surface area (Å²) < 4.78 is 5.36. The van der Waals surface area contributed by atoms with Gasteiger partial charge in [0.2, 0.25) is 0 Å². The van der Waals surface area contributed by atoms with Gasteiger partial charge >= 0.3 is 0 Å². The van der Waals surface area contributed by atoms with Gasteiger partial charge in [-0.2, -0.15) is 0 Å². The summed E-state index contributed by atoms with van der Waals surface area (Å²) in [4.78, 5) is 8.20. The van der Waals surface area contributed by atoms with Crippen LogP contribution in [0.2, 0.25) is 0 Å². The van der Waals surface area contributed by atoms with Crippen LogP contribution in [-0.2, 0) is 0 Å². The van der Waals surface area contributed by atoms with Crippen LogP contribution >= 0.6 is 0 Å². The minimum Gasteiger partial charge on any atom is -0.489 e. The van der Waals surface area contributed by atoms with Gasteiger partial charge in [0.1, 0.15) is 18.1 Å². The van der Waals surface area contributed by atoms with Crippen molar-refractivity contribution in [1.82, 2.24) is 4.98 Å². The highest BCUT2D eigenvalue weighted by Gasteiger charge is 2.03. The van der Waals surface area contributed by atoms with E-state index in [9.17, 15) is 0 Å². The summed E-state index contributed by atoms with van der Waals surface area (Å²) in [5.41, 5.74) is 0.824. The fraction of sp³-hybridized carbons (Fsp3) is 0.250. The van der Waals surface area contributed by atoms with Gasteiger partial charge in [-0.1, -0.05) is 0 Å². The van der Waals surface area contributed by atoms with Crippen molar-refractivity contribution in [2.75, 3.05) is 13.2 Å².